The SMILES string of the molecule is CCOc1ccc(NC(=O)[C@H]2[C@H]3C(=O)N(CCCCO)C(C(=O)NCc4ccccc4)C34CC[C@]2(C)O4)cc1. The molecule has 3 aliphatic rings. The number of hydrogen-bond donors (Lipinski definition) is 3. The maximum absolute atomic E-state index is 14.0. The predicted molar refractivity (Wildman–Crippen MR) is 145 cm³/mol. The summed E-state index contributed by atoms with van der Waals surface area (Å²) in [5, 5.41) is 15.3. The second-order valence-electron chi connectivity index (χ2n) is 10.8. The molecule has 9 heteroatoms. The summed E-state index contributed by atoms with van der Waals surface area (Å²) in [6, 6.07) is 15.9. The first-order valence-electron chi connectivity index (χ1n) is 13.8. The Hall–Kier alpha value is -3.43. The molecule has 5 rings (SSSR count). The highest BCUT2D eigenvalue weighted by Gasteiger charge is 2.77. The number of ether oxygens (including phenoxy) is 2. The molecule has 2 unspecified atom stereocenters. The zero-order valence-electron chi connectivity index (χ0n) is 22.5. The fraction of sp³-hybridized carbons (Fsp3) is 0.500. The Morgan fingerprint density at radius 2 is 1.82 bits per heavy atom. The van der Waals surface area contributed by atoms with Crippen molar-refractivity contribution in [2.24, 2.45) is 11.8 Å². The van der Waals surface area contributed by atoms with Crippen molar-refractivity contribution >= 4 is 23.4 Å². The van der Waals surface area contributed by atoms with E-state index >= 15 is 0 Å². The highest BCUT2D eigenvalue weighted by molar-refractivity contribution is 6.02. The molecule has 39 heavy (non-hydrogen) atoms. The summed E-state index contributed by atoms with van der Waals surface area (Å²) in [4.78, 5) is 43.0. The summed E-state index contributed by atoms with van der Waals surface area (Å²) in [5.41, 5.74) is -0.379. The number of likely N-dealkylation sites (tertiary alicyclic amines) is 1. The molecular formula is C30H37N3O6. The summed E-state index contributed by atoms with van der Waals surface area (Å²) in [7, 11) is 0. The van der Waals surface area contributed by atoms with Crippen LogP contribution < -0.4 is 15.4 Å². The minimum absolute atomic E-state index is 0.00314. The second-order valence-corrected chi connectivity index (χ2v) is 10.8. The lowest BCUT2D eigenvalue weighted by Crippen LogP contribution is -2.55. The Labute approximate surface area is 228 Å². The first-order chi connectivity index (χ1) is 18.8. The van der Waals surface area contributed by atoms with Gasteiger partial charge in [0.25, 0.3) is 0 Å². The number of carbonyl (C=O) groups is 3. The molecular weight excluding hydrogens is 498 g/mol. The van der Waals surface area contributed by atoms with Crippen molar-refractivity contribution in [2.75, 3.05) is 25.1 Å². The van der Waals surface area contributed by atoms with Gasteiger partial charge in [-0.05, 0) is 69.4 Å². The van der Waals surface area contributed by atoms with Gasteiger partial charge in [0.05, 0.1) is 24.0 Å². The summed E-state index contributed by atoms with van der Waals surface area (Å²) in [6.45, 7) is 4.98. The number of unbranched alkanes of at least 4 members (excludes halogenated alkanes) is 1. The van der Waals surface area contributed by atoms with Crippen molar-refractivity contribution in [1.29, 1.82) is 0 Å². The average molecular weight is 536 g/mol. The van der Waals surface area contributed by atoms with Crippen LogP contribution >= 0.6 is 0 Å². The van der Waals surface area contributed by atoms with Crippen LogP contribution in [0, 0.1) is 11.8 Å². The minimum atomic E-state index is -1.08. The monoisotopic (exact) mass is 535 g/mol. The zero-order valence-corrected chi connectivity index (χ0v) is 22.5. The molecule has 2 aromatic rings. The summed E-state index contributed by atoms with van der Waals surface area (Å²) in [5.74, 6) is -1.60. The normalized spacial score (nSPS) is 28.8. The highest BCUT2D eigenvalue weighted by atomic mass is 16.5. The van der Waals surface area contributed by atoms with E-state index in [1.54, 1.807) is 29.2 Å². The maximum atomic E-state index is 14.0. The van der Waals surface area contributed by atoms with Crippen molar-refractivity contribution in [2.45, 2.75) is 63.3 Å². The molecule has 2 bridgehead atoms. The maximum Gasteiger partial charge on any atom is 0.246 e. The molecule has 3 heterocycles. The molecule has 208 valence electrons. The Kier molecular flexibility index (Phi) is 7.64. The van der Waals surface area contributed by atoms with Gasteiger partial charge in [0.1, 0.15) is 17.4 Å². The van der Waals surface area contributed by atoms with Gasteiger partial charge in [-0.2, -0.15) is 0 Å². The topological polar surface area (TPSA) is 117 Å². The van der Waals surface area contributed by atoms with Gasteiger partial charge in [-0.15, -0.1) is 0 Å². The number of hydrogen-bond acceptors (Lipinski definition) is 6. The first kappa shape index (κ1) is 27.1. The van der Waals surface area contributed by atoms with E-state index in [2.05, 4.69) is 10.6 Å². The Morgan fingerprint density at radius 3 is 2.51 bits per heavy atom. The van der Waals surface area contributed by atoms with E-state index in [1.807, 2.05) is 44.2 Å². The van der Waals surface area contributed by atoms with Crippen LogP contribution in [-0.2, 0) is 25.7 Å². The third-order valence-corrected chi connectivity index (χ3v) is 8.36. The summed E-state index contributed by atoms with van der Waals surface area (Å²) in [6.07, 6.45) is 2.16. The third-order valence-electron chi connectivity index (χ3n) is 8.36. The van der Waals surface area contributed by atoms with Crippen LogP contribution in [0.1, 0.15) is 45.1 Å². The number of amides is 3. The van der Waals surface area contributed by atoms with Gasteiger partial charge in [-0.1, -0.05) is 30.3 Å². The lowest BCUT2D eigenvalue weighted by atomic mass is 9.66. The Balaban J connectivity index is 1.41. The van der Waals surface area contributed by atoms with E-state index in [0.29, 0.717) is 56.8 Å². The van der Waals surface area contributed by atoms with Gasteiger partial charge >= 0.3 is 0 Å². The van der Waals surface area contributed by atoms with Gasteiger partial charge in [-0.25, -0.2) is 0 Å². The van der Waals surface area contributed by atoms with E-state index in [-0.39, 0.29) is 24.3 Å². The van der Waals surface area contributed by atoms with Crippen LogP contribution in [0.5, 0.6) is 5.75 Å². The van der Waals surface area contributed by atoms with Crippen LogP contribution in [0.3, 0.4) is 0 Å². The second kappa shape index (κ2) is 11.0. The number of benzene rings is 2. The van der Waals surface area contributed by atoms with Crippen LogP contribution in [-0.4, -0.2) is 64.7 Å². The fourth-order valence-corrected chi connectivity index (χ4v) is 6.66. The van der Waals surface area contributed by atoms with Crippen LogP contribution in [0.4, 0.5) is 5.69 Å². The van der Waals surface area contributed by atoms with E-state index in [4.69, 9.17) is 9.47 Å². The quantitative estimate of drug-likeness (QED) is 0.381. The van der Waals surface area contributed by atoms with Crippen molar-refractivity contribution in [3.63, 3.8) is 0 Å². The van der Waals surface area contributed by atoms with E-state index in [9.17, 15) is 19.5 Å². The predicted octanol–water partition coefficient (Wildman–Crippen LogP) is 2.88. The molecule has 3 fully saturated rings. The Bertz CT molecular complexity index is 1200. The van der Waals surface area contributed by atoms with Gasteiger partial charge in [0, 0.05) is 25.4 Å². The van der Waals surface area contributed by atoms with Crippen molar-refractivity contribution in [1.82, 2.24) is 10.2 Å². The van der Waals surface area contributed by atoms with E-state index in [1.165, 1.54) is 0 Å². The lowest BCUT2D eigenvalue weighted by Gasteiger charge is -2.33. The number of anilines is 1. The number of carbonyl (C=O) groups excluding carboxylic acids is 3. The standard InChI is InChI=1S/C30H37N3O6/c1-3-38-22-13-11-21(12-14-22)32-26(35)23-24-28(37)33(17-7-8-18-34)25(30(24)16-15-29(23,2)39-30)27(36)31-19-20-9-5-4-6-10-20/h4-6,9-14,23-25,34H,3,7-8,15-19H2,1-2H3,(H,31,36)(H,32,35)/t23-,24+,25?,29+,30?/m1/s1. The largest absolute Gasteiger partial charge is 0.494 e. The van der Waals surface area contributed by atoms with Crippen LogP contribution in [0.2, 0.25) is 0 Å². The third kappa shape index (κ3) is 4.89. The average Bonchev–Trinajstić information content (AvgIpc) is 3.50. The van der Waals surface area contributed by atoms with Crippen molar-refractivity contribution in [3.8, 4) is 5.75 Å². The van der Waals surface area contributed by atoms with Crippen molar-refractivity contribution in [3.05, 3.63) is 60.2 Å². The molecule has 0 aromatic heterocycles. The minimum Gasteiger partial charge on any atom is -0.494 e. The molecule has 1 spiro atoms. The molecule has 3 amide bonds. The number of nitrogens with zero attached hydrogens (tertiary/aromatic N) is 1. The molecule has 9 nitrogen and oxygen atoms in total. The van der Waals surface area contributed by atoms with Gasteiger partial charge in [0.15, 0.2) is 0 Å². The number of fused-ring (bicyclic) bond motifs is 1. The van der Waals surface area contributed by atoms with Crippen molar-refractivity contribution < 1.29 is 29.0 Å². The Morgan fingerprint density at radius 1 is 1.08 bits per heavy atom. The molecule has 0 saturated carbocycles. The molecule has 3 N–H and O–H groups in total. The smallest absolute Gasteiger partial charge is 0.246 e. The molecule has 0 aliphatic carbocycles. The number of aliphatic hydroxyl groups excluding tert-OH is 1. The van der Waals surface area contributed by atoms with Gasteiger partial charge < -0.3 is 30.1 Å². The number of nitrogens with one attached hydrogen (secondary N) is 2. The first-order valence-corrected chi connectivity index (χ1v) is 13.8. The molecule has 2 aromatic carbocycles. The van der Waals surface area contributed by atoms with Gasteiger partial charge in [-0.3, -0.25) is 14.4 Å². The number of aliphatic hydroxyl groups is 1. The van der Waals surface area contributed by atoms with Crippen LogP contribution in [0.25, 0.3) is 0 Å². The van der Waals surface area contributed by atoms with Crippen LogP contribution in [0.15, 0.2) is 54.6 Å². The van der Waals surface area contributed by atoms with Gasteiger partial charge in [0.2, 0.25) is 17.7 Å². The van der Waals surface area contributed by atoms with E-state index < -0.39 is 29.1 Å². The molecule has 0 radical (unpaired) electrons. The fourth-order valence-electron chi connectivity index (χ4n) is 6.66. The molecule has 3 aliphatic heterocycles. The molecule has 3 saturated heterocycles. The summed E-state index contributed by atoms with van der Waals surface area (Å²) >= 11 is 0. The lowest BCUT2D eigenvalue weighted by molar-refractivity contribution is -0.145. The summed E-state index contributed by atoms with van der Waals surface area (Å²) < 4.78 is 12.1. The number of rotatable bonds is 11. The van der Waals surface area contributed by atoms with E-state index in [0.717, 1.165) is 5.56 Å². The highest BCUT2D eigenvalue weighted by Crippen LogP contribution is 2.63. The molecule has 5 atom stereocenters. The zero-order chi connectivity index (χ0) is 27.6.